The van der Waals surface area contributed by atoms with E-state index in [2.05, 4.69) is 6.08 Å². The van der Waals surface area contributed by atoms with Crippen molar-refractivity contribution in [2.24, 2.45) is 0 Å². The summed E-state index contributed by atoms with van der Waals surface area (Å²) in [5.41, 5.74) is 4.96. The standard InChI is InChI=1S/C34H28O6/c1-37-29-15-11-25(12-16-29)23-3-7-27(8-4-23)33(35)39-31-19-21-32(22-20-31)40-34(36)28-9-5-24(6-10-28)26-13-17-30(38-2)18-14-26/h3-17,19-22,30H,18H2,1-2H3. The van der Waals surface area contributed by atoms with Crippen molar-refractivity contribution in [2.75, 3.05) is 14.2 Å². The zero-order valence-corrected chi connectivity index (χ0v) is 22.2. The number of hydrogen-bond acceptors (Lipinski definition) is 6. The maximum Gasteiger partial charge on any atom is 0.343 e. The summed E-state index contributed by atoms with van der Waals surface area (Å²) in [5.74, 6) is 0.526. The Morgan fingerprint density at radius 3 is 1.48 bits per heavy atom. The molecule has 5 rings (SSSR count). The Hall–Kier alpha value is -4.94. The number of methoxy groups -OCH3 is 2. The molecule has 4 aromatic rings. The molecule has 0 spiro atoms. The van der Waals surface area contributed by atoms with E-state index < -0.39 is 11.9 Å². The number of rotatable bonds is 8. The monoisotopic (exact) mass is 532 g/mol. The molecule has 0 saturated heterocycles. The summed E-state index contributed by atoms with van der Waals surface area (Å²) >= 11 is 0. The van der Waals surface area contributed by atoms with Crippen LogP contribution in [0.15, 0.2) is 115 Å². The average molecular weight is 533 g/mol. The Bertz CT molecular complexity index is 1530. The minimum absolute atomic E-state index is 0.102. The van der Waals surface area contributed by atoms with Crippen molar-refractivity contribution in [2.45, 2.75) is 12.5 Å². The van der Waals surface area contributed by atoms with Crippen molar-refractivity contribution in [3.05, 3.63) is 132 Å². The summed E-state index contributed by atoms with van der Waals surface area (Å²) in [5, 5.41) is 0. The van der Waals surface area contributed by atoms with Gasteiger partial charge in [0.1, 0.15) is 17.2 Å². The van der Waals surface area contributed by atoms with Gasteiger partial charge in [0.05, 0.1) is 24.3 Å². The van der Waals surface area contributed by atoms with Crippen LogP contribution >= 0.6 is 0 Å². The van der Waals surface area contributed by atoms with Gasteiger partial charge in [-0.15, -0.1) is 0 Å². The zero-order chi connectivity index (χ0) is 27.9. The molecule has 1 unspecified atom stereocenters. The van der Waals surface area contributed by atoms with E-state index in [1.54, 1.807) is 62.8 Å². The van der Waals surface area contributed by atoms with Crippen molar-refractivity contribution in [1.29, 1.82) is 0 Å². The van der Waals surface area contributed by atoms with Gasteiger partial charge in [-0.2, -0.15) is 0 Å². The molecular weight excluding hydrogens is 504 g/mol. The van der Waals surface area contributed by atoms with Crippen molar-refractivity contribution in [3.63, 3.8) is 0 Å². The van der Waals surface area contributed by atoms with Crippen LogP contribution in [0.25, 0.3) is 16.7 Å². The van der Waals surface area contributed by atoms with Crippen LogP contribution in [0, 0.1) is 0 Å². The fourth-order valence-corrected chi connectivity index (χ4v) is 4.28. The van der Waals surface area contributed by atoms with Gasteiger partial charge in [0.2, 0.25) is 0 Å². The summed E-state index contributed by atoms with van der Waals surface area (Å²) in [6.07, 6.45) is 7.08. The predicted octanol–water partition coefficient (Wildman–Crippen LogP) is 7.16. The van der Waals surface area contributed by atoms with E-state index >= 15 is 0 Å². The van der Waals surface area contributed by atoms with E-state index in [1.165, 1.54) is 0 Å². The first-order chi connectivity index (χ1) is 19.5. The first kappa shape index (κ1) is 26.7. The van der Waals surface area contributed by atoms with E-state index in [0.29, 0.717) is 22.6 Å². The van der Waals surface area contributed by atoms with Crippen LogP contribution < -0.4 is 14.2 Å². The van der Waals surface area contributed by atoms with Crippen LogP contribution in [-0.2, 0) is 4.74 Å². The van der Waals surface area contributed by atoms with E-state index in [9.17, 15) is 9.59 Å². The molecule has 1 atom stereocenters. The Morgan fingerprint density at radius 1 is 0.600 bits per heavy atom. The molecule has 0 aromatic heterocycles. The van der Waals surface area contributed by atoms with Gasteiger partial charge >= 0.3 is 11.9 Å². The van der Waals surface area contributed by atoms with Crippen LogP contribution in [0.2, 0.25) is 0 Å². The normalized spacial score (nSPS) is 14.2. The quantitative estimate of drug-likeness (QED) is 0.177. The first-order valence-electron chi connectivity index (χ1n) is 12.8. The summed E-state index contributed by atoms with van der Waals surface area (Å²) in [4.78, 5) is 25.3. The largest absolute Gasteiger partial charge is 0.497 e. The second-order valence-electron chi connectivity index (χ2n) is 9.16. The maximum atomic E-state index is 12.6. The van der Waals surface area contributed by atoms with Crippen LogP contribution in [0.4, 0.5) is 0 Å². The fraction of sp³-hybridized carbons (Fsp3) is 0.118. The molecule has 40 heavy (non-hydrogen) atoms. The minimum atomic E-state index is -0.480. The Labute approximate surface area is 233 Å². The van der Waals surface area contributed by atoms with Gasteiger partial charge in [-0.05, 0) is 89.3 Å². The number of carbonyl (C=O) groups excluding carboxylic acids is 2. The van der Waals surface area contributed by atoms with E-state index in [-0.39, 0.29) is 6.10 Å². The SMILES string of the molecule is COc1ccc(-c2ccc(C(=O)Oc3ccc(OC(=O)c4ccc(C5=CCC(OC)C=C5)cc4)cc3)cc2)cc1. The number of benzene rings is 4. The molecule has 4 aromatic carbocycles. The number of allylic oxidation sites excluding steroid dienone is 2. The third-order valence-corrected chi connectivity index (χ3v) is 6.61. The Morgan fingerprint density at radius 2 is 1.05 bits per heavy atom. The summed E-state index contributed by atoms with van der Waals surface area (Å²) in [6.45, 7) is 0. The summed E-state index contributed by atoms with van der Waals surface area (Å²) in [6, 6.07) is 28.5. The van der Waals surface area contributed by atoms with Gasteiger partial charge in [0.25, 0.3) is 0 Å². The van der Waals surface area contributed by atoms with Gasteiger partial charge in [-0.3, -0.25) is 0 Å². The summed E-state index contributed by atoms with van der Waals surface area (Å²) in [7, 11) is 3.32. The van der Waals surface area contributed by atoms with Crippen molar-refractivity contribution < 1.29 is 28.5 Å². The molecule has 0 radical (unpaired) electrons. The molecule has 0 N–H and O–H groups in total. The lowest BCUT2D eigenvalue weighted by molar-refractivity contribution is 0.0719. The number of esters is 2. The predicted molar refractivity (Wildman–Crippen MR) is 154 cm³/mol. The lowest BCUT2D eigenvalue weighted by Crippen LogP contribution is -2.10. The lowest BCUT2D eigenvalue weighted by Gasteiger charge is -2.15. The maximum absolute atomic E-state index is 12.6. The van der Waals surface area contributed by atoms with Crippen LogP contribution in [0.5, 0.6) is 17.2 Å². The fourth-order valence-electron chi connectivity index (χ4n) is 4.28. The molecule has 0 aliphatic heterocycles. The summed E-state index contributed by atoms with van der Waals surface area (Å²) < 4.78 is 21.5. The molecule has 0 fully saturated rings. The second-order valence-corrected chi connectivity index (χ2v) is 9.16. The van der Waals surface area contributed by atoms with E-state index in [0.717, 1.165) is 34.4 Å². The van der Waals surface area contributed by atoms with Crippen LogP contribution in [0.1, 0.15) is 32.7 Å². The van der Waals surface area contributed by atoms with E-state index in [1.807, 2.05) is 60.7 Å². The highest BCUT2D eigenvalue weighted by atomic mass is 16.5. The molecule has 0 heterocycles. The molecular formula is C34H28O6. The third kappa shape index (κ3) is 6.37. The first-order valence-corrected chi connectivity index (χ1v) is 12.8. The van der Waals surface area contributed by atoms with Gasteiger partial charge < -0.3 is 18.9 Å². The smallest absolute Gasteiger partial charge is 0.343 e. The Kier molecular flexibility index (Phi) is 8.18. The van der Waals surface area contributed by atoms with Gasteiger partial charge in [-0.1, -0.05) is 54.6 Å². The van der Waals surface area contributed by atoms with Crippen molar-refractivity contribution in [3.8, 4) is 28.4 Å². The molecule has 1 aliphatic carbocycles. The van der Waals surface area contributed by atoms with Gasteiger partial charge in [-0.25, -0.2) is 9.59 Å². The molecule has 6 nitrogen and oxygen atoms in total. The third-order valence-electron chi connectivity index (χ3n) is 6.61. The zero-order valence-electron chi connectivity index (χ0n) is 22.2. The highest BCUT2D eigenvalue weighted by molar-refractivity contribution is 5.92. The van der Waals surface area contributed by atoms with Gasteiger partial charge in [0.15, 0.2) is 0 Å². The topological polar surface area (TPSA) is 71.1 Å². The molecule has 0 saturated carbocycles. The highest BCUT2D eigenvalue weighted by Crippen LogP contribution is 2.25. The molecule has 6 heteroatoms. The minimum Gasteiger partial charge on any atom is -0.497 e. The molecule has 1 aliphatic rings. The van der Waals surface area contributed by atoms with Gasteiger partial charge in [0, 0.05) is 7.11 Å². The molecule has 200 valence electrons. The number of ether oxygens (including phenoxy) is 4. The van der Waals surface area contributed by atoms with Crippen molar-refractivity contribution in [1.82, 2.24) is 0 Å². The number of carbonyl (C=O) groups is 2. The lowest BCUT2D eigenvalue weighted by atomic mass is 9.97. The number of hydrogen-bond donors (Lipinski definition) is 0. The average Bonchev–Trinajstić information content (AvgIpc) is 3.02. The highest BCUT2D eigenvalue weighted by Gasteiger charge is 2.13. The van der Waals surface area contributed by atoms with E-state index in [4.69, 9.17) is 18.9 Å². The Balaban J connectivity index is 1.15. The molecule has 0 amide bonds. The van der Waals surface area contributed by atoms with Crippen LogP contribution in [-0.4, -0.2) is 32.3 Å². The van der Waals surface area contributed by atoms with Crippen LogP contribution in [0.3, 0.4) is 0 Å². The molecule has 0 bridgehead atoms. The second kappa shape index (κ2) is 12.3. The van der Waals surface area contributed by atoms with Crippen molar-refractivity contribution >= 4 is 17.5 Å².